The van der Waals surface area contributed by atoms with E-state index in [4.69, 9.17) is 18.6 Å². The van der Waals surface area contributed by atoms with Gasteiger partial charge in [-0.05, 0) is 36.3 Å². The Balaban J connectivity index is 1.46. The van der Waals surface area contributed by atoms with Crippen molar-refractivity contribution in [2.75, 3.05) is 20.3 Å². The fourth-order valence-corrected chi connectivity index (χ4v) is 2.37. The Morgan fingerprint density at radius 2 is 1.92 bits per heavy atom. The first-order valence-corrected chi connectivity index (χ1v) is 8.09. The van der Waals surface area contributed by atoms with Crippen molar-refractivity contribution in [2.24, 2.45) is 0 Å². The average molecular weight is 362 g/mol. The minimum absolute atomic E-state index is 0.165. The van der Waals surface area contributed by atoms with Crippen LogP contribution in [0.25, 0.3) is 11.0 Å². The molecule has 0 spiro atoms. The summed E-state index contributed by atoms with van der Waals surface area (Å²) < 4.78 is 25.8. The lowest BCUT2D eigenvalue weighted by atomic mass is 10.2. The molecule has 0 aliphatic carbocycles. The second kappa shape index (κ2) is 8.24. The predicted molar refractivity (Wildman–Crippen MR) is 89.3 cm³/mol. The van der Waals surface area contributed by atoms with E-state index >= 15 is 0 Å². The maximum atomic E-state index is 11.3. The van der Waals surface area contributed by atoms with E-state index in [9.17, 15) is 10.0 Å². The van der Waals surface area contributed by atoms with Crippen LogP contribution in [0.2, 0.25) is 0 Å². The summed E-state index contributed by atoms with van der Waals surface area (Å²) in [6.07, 6.45) is 3.55. The monoisotopic (exact) mass is 362 g/mol. The Labute approximate surface area is 148 Å². The molecule has 0 saturated carbocycles. The number of rotatable bonds is 9. The minimum Gasteiger partial charge on any atom is -0.493 e. The zero-order chi connectivity index (χ0) is 18.4. The van der Waals surface area contributed by atoms with Crippen LogP contribution in [0.15, 0.2) is 44.3 Å². The van der Waals surface area contributed by atoms with Gasteiger partial charge in [-0.3, -0.25) is 4.63 Å². The Morgan fingerprint density at radius 1 is 1.12 bits per heavy atom. The van der Waals surface area contributed by atoms with Crippen molar-refractivity contribution in [1.29, 1.82) is 0 Å². The highest BCUT2D eigenvalue weighted by Gasteiger charge is 2.09. The topological polar surface area (TPSA) is 111 Å². The van der Waals surface area contributed by atoms with Gasteiger partial charge in [-0.25, -0.2) is 4.79 Å². The molecule has 0 N–H and O–H groups in total. The van der Waals surface area contributed by atoms with Crippen LogP contribution < -0.4 is 24.7 Å². The summed E-state index contributed by atoms with van der Waals surface area (Å²) in [7, 11) is 1.56. The number of unbranched alkanes of at least 4 members (excludes halogenated alkanes) is 2. The molecule has 138 valence electrons. The van der Waals surface area contributed by atoms with Crippen molar-refractivity contribution in [3.8, 4) is 17.4 Å². The van der Waals surface area contributed by atoms with Crippen LogP contribution in [0.5, 0.6) is 17.4 Å². The lowest BCUT2D eigenvalue weighted by Gasteiger charge is -2.11. The van der Waals surface area contributed by atoms with Gasteiger partial charge in [0, 0.05) is 17.5 Å². The maximum Gasteiger partial charge on any atom is 0.394 e. The van der Waals surface area contributed by atoms with E-state index in [2.05, 4.69) is 9.79 Å². The summed E-state index contributed by atoms with van der Waals surface area (Å²) in [6, 6.07) is 6.46. The van der Waals surface area contributed by atoms with Gasteiger partial charge in [0.2, 0.25) is 6.20 Å². The molecule has 1 aromatic carbocycles. The van der Waals surface area contributed by atoms with Crippen molar-refractivity contribution in [3.63, 3.8) is 0 Å². The van der Waals surface area contributed by atoms with Gasteiger partial charge in [0.25, 0.3) is 0 Å². The Hall–Kier alpha value is -3.23. The van der Waals surface area contributed by atoms with Gasteiger partial charge in [-0.15, -0.1) is 0 Å². The van der Waals surface area contributed by atoms with Crippen molar-refractivity contribution >= 4 is 11.0 Å². The number of hydrogen-bond donors (Lipinski definition) is 0. The van der Waals surface area contributed by atoms with E-state index in [0.29, 0.717) is 30.3 Å². The fraction of sp³-hybridized carbons (Fsp3) is 0.353. The van der Waals surface area contributed by atoms with Crippen LogP contribution >= 0.6 is 0 Å². The molecule has 0 saturated heterocycles. The third kappa shape index (κ3) is 4.44. The second-order valence-electron chi connectivity index (χ2n) is 5.48. The molecule has 0 aliphatic heterocycles. The maximum absolute atomic E-state index is 11.3. The Kier molecular flexibility index (Phi) is 5.57. The molecular weight excluding hydrogens is 344 g/mol. The summed E-state index contributed by atoms with van der Waals surface area (Å²) in [4.78, 5) is 11.6. The minimum atomic E-state index is -0.414. The first-order valence-electron chi connectivity index (χ1n) is 8.09. The van der Waals surface area contributed by atoms with Crippen molar-refractivity contribution in [2.45, 2.75) is 19.3 Å². The lowest BCUT2D eigenvalue weighted by molar-refractivity contribution is -0.802. The van der Waals surface area contributed by atoms with Gasteiger partial charge >= 0.3 is 11.5 Å². The molecule has 0 radical (unpaired) electrons. The lowest BCUT2D eigenvalue weighted by Crippen LogP contribution is -2.20. The first kappa shape index (κ1) is 17.6. The van der Waals surface area contributed by atoms with Gasteiger partial charge in [0.05, 0.1) is 25.5 Å². The van der Waals surface area contributed by atoms with Crippen LogP contribution in [0.3, 0.4) is 0 Å². The van der Waals surface area contributed by atoms with E-state index in [0.717, 1.165) is 30.8 Å². The third-order valence-corrected chi connectivity index (χ3v) is 3.63. The molecule has 0 amide bonds. The van der Waals surface area contributed by atoms with Crippen LogP contribution in [0.4, 0.5) is 0 Å². The normalized spacial score (nSPS) is 10.8. The van der Waals surface area contributed by atoms with E-state index in [1.165, 1.54) is 6.07 Å². The second-order valence-corrected chi connectivity index (χ2v) is 5.48. The Morgan fingerprint density at radius 3 is 2.65 bits per heavy atom. The summed E-state index contributed by atoms with van der Waals surface area (Å²) in [5, 5.41) is 14.9. The smallest absolute Gasteiger partial charge is 0.394 e. The molecule has 2 heterocycles. The molecule has 9 nitrogen and oxygen atoms in total. The summed E-state index contributed by atoms with van der Waals surface area (Å²) in [5.41, 5.74) is 0.0353. The zero-order valence-electron chi connectivity index (χ0n) is 14.2. The number of nitrogens with zero attached hydrogens (tertiary/aromatic N) is 2. The van der Waals surface area contributed by atoms with Crippen molar-refractivity contribution in [3.05, 3.63) is 46.1 Å². The molecule has 3 rings (SSSR count). The van der Waals surface area contributed by atoms with E-state index in [-0.39, 0.29) is 10.8 Å². The number of fused-ring (bicyclic) bond motifs is 1. The molecule has 3 aromatic rings. The number of aromatic nitrogens is 2. The summed E-state index contributed by atoms with van der Waals surface area (Å²) >= 11 is 0. The van der Waals surface area contributed by atoms with Crippen molar-refractivity contribution < 1.29 is 28.2 Å². The van der Waals surface area contributed by atoms with E-state index < -0.39 is 5.63 Å². The SMILES string of the molecule is COc1cc2ccc(=O)oc2cc1OCCCCCOc1c[n+]([O-])on1. The van der Waals surface area contributed by atoms with Gasteiger partial charge in [0.15, 0.2) is 11.5 Å². The van der Waals surface area contributed by atoms with Gasteiger partial charge in [-0.1, -0.05) is 0 Å². The van der Waals surface area contributed by atoms with E-state index in [1.54, 1.807) is 25.3 Å². The molecule has 0 bridgehead atoms. The molecule has 0 atom stereocenters. The molecule has 9 heteroatoms. The highest BCUT2D eigenvalue weighted by Crippen LogP contribution is 2.32. The van der Waals surface area contributed by atoms with E-state index in [1.807, 2.05) is 0 Å². The summed E-state index contributed by atoms with van der Waals surface area (Å²) in [5.74, 6) is 1.26. The first-order chi connectivity index (χ1) is 12.7. The van der Waals surface area contributed by atoms with Gasteiger partial charge < -0.3 is 23.8 Å². The average Bonchev–Trinajstić information content (AvgIpc) is 3.05. The Bertz CT molecular complexity index is 919. The zero-order valence-corrected chi connectivity index (χ0v) is 14.2. The van der Waals surface area contributed by atoms with Crippen LogP contribution in [-0.2, 0) is 0 Å². The largest absolute Gasteiger partial charge is 0.493 e. The van der Waals surface area contributed by atoms with Crippen LogP contribution in [0.1, 0.15) is 19.3 Å². The number of ether oxygens (including phenoxy) is 3. The molecule has 0 unspecified atom stereocenters. The number of benzene rings is 1. The molecular formula is C17H18N2O7. The standard InChI is InChI=1S/C17H18N2O7/c1-22-14-9-12-5-6-17(20)25-13(12)10-15(14)23-7-3-2-4-8-24-16-11-19(21)26-18-16/h5-6,9-11H,2-4,7-8H2,1H3. The fourth-order valence-electron chi connectivity index (χ4n) is 2.37. The highest BCUT2D eigenvalue weighted by atomic mass is 16.8. The number of methoxy groups -OCH3 is 1. The third-order valence-electron chi connectivity index (χ3n) is 3.63. The van der Waals surface area contributed by atoms with Gasteiger partial charge in [0.1, 0.15) is 5.58 Å². The summed E-state index contributed by atoms with van der Waals surface area (Å²) in [6.45, 7) is 0.903. The quantitative estimate of drug-likeness (QED) is 0.323. The molecule has 0 fully saturated rings. The van der Waals surface area contributed by atoms with Crippen LogP contribution in [-0.4, -0.2) is 25.5 Å². The van der Waals surface area contributed by atoms with Crippen molar-refractivity contribution in [1.82, 2.24) is 5.16 Å². The molecule has 26 heavy (non-hydrogen) atoms. The highest BCUT2D eigenvalue weighted by molar-refractivity contribution is 5.80. The van der Waals surface area contributed by atoms with Gasteiger partial charge in [-0.2, -0.15) is 0 Å². The van der Waals surface area contributed by atoms with Crippen LogP contribution in [0, 0.1) is 5.21 Å². The number of hydrogen-bond acceptors (Lipinski definition) is 8. The molecule has 2 aromatic heterocycles. The molecule has 0 aliphatic rings. The predicted octanol–water partition coefficient (Wildman–Crippen LogP) is 2.05.